The van der Waals surface area contributed by atoms with Crippen molar-refractivity contribution in [3.05, 3.63) is 0 Å². The van der Waals surface area contributed by atoms with Crippen molar-refractivity contribution in [3.63, 3.8) is 0 Å². The molecule has 0 aromatic heterocycles. The van der Waals surface area contributed by atoms with Crippen LogP contribution >= 0.6 is 0 Å². The molecule has 0 aromatic rings. The van der Waals surface area contributed by atoms with Gasteiger partial charge < -0.3 is 15.0 Å². The van der Waals surface area contributed by atoms with Crippen molar-refractivity contribution in [2.45, 2.75) is 64.5 Å². The first-order valence-corrected chi connectivity index (χ1v) is 7.75. The summed E-state index contributed by atoms with van der Waals surface area (Å²) < 4.78 is 5.25. The minimum absolute atomic E-state index is 0.221. The van der Waals surface area contributed by atoms with Gasteiger partial charge in [0, 0.05) is 25.7 Å². The Balaban J connectivity index is 2.23. The van der Waals surface area contributed by atoms with Gasteiger partial charge in [-0.05, 0) is 45.6 Å². The monoisotopic (exact) mass is 270 g/mol. The summed E-state index contributed by atoms with van der Waals surface area (Å²) in [7, 11) is 1.94. The molecule has 0 bridgehead atoms. The molecule has 112 valence electrons. The lowest BCUT2D eigenvalue weighted by atomic mass is 9.90. The van der Waals surface area contributed by atoms with E-state index in [0.29, 0.717) is 31.7 Å². The fourth-order valence-corrected chi connectivity index (χ4v) is 2.70. The van der Waals surface area contributed by atoms with Crippen LogP contribution < -0.4 is 5.32 Å². The first kappa shape index (κ1) is 16.4. The molecule has 0 aromatic carbocycles. The molecule has 4 heteroatoms. The number of amides is 1. The largest absolute Gasteiger partial charge is 0.381 e. The Labute approximate surface area is 117 Å². The maximum atomic E-state index is 12.0. The summed E-state index contributed by atoms with van der Waals surface area (Å²) in [5.41, 5.74) is 0. The van der Waals surface area contributed by atoms with Crippen LogP contribution in [0, 0.1) is 0 Å². The van der Waals surface area contributed by atoms with Gasteiger partial charge in [-0.15, -0.1) is 0 Å². The number of hydrogen-bond acceptors (Lipinski definition) is 3. The number of nitrogens with one attached hydrogen (secondary N) is 1. The predicted molar refractivity (Wildman–Crippen MR) is 78.2 cm³/mol. The van der Waals surface area contributed by atoms with E-state index in [0.717, 1.165) is 19.4 Å². The van der Waals surface area contributed by atoms with Crippen LogP contribution in [0.2, 0.25) is 0 Å². The Hall–Kier alpha value is -0.610. The van der Waals surface area contributed by atoms with Gasteiger partial charge in [-0.3, -0.25) is 4.79 Å². The second kappa shape index (κ2) is 9.32. The summed E-state index contributed by atoms with van der Waals surface area (Å²) in [4.78, 5) is 13.9. The van der Waals surface area contributed by atoms with Crippen LogP contribution in [0.3, 0.4) is 0 Å². The lowest BCUT2D eigenvalue weighted by Crippen LogP contribution is -2.43. The van der Waals surface area contributed by atoms with Crippen molar-refractivity contribution in [1.82, 2.24) is 10.2 Å². The topological polar surface area (TPSA) is 41.6 Å². The van der Waals surface area contributed by atoms with Gasteiger partial charge >= 0.3 is 0 Å². The molecule has 0 aliphatic heterocycles. The zero-order valence-electron chi connectivity index (χ0n) is 12.8. The third kappa shape index (κ3) is 5.91. The van der Waals surface area contributed by atoms with Gasteiger partial charge in [0.25, 0.3) is 0 Å². The van der Waals surface area contributed by atoms with Crippen molar-refractivity contribution in [3.8, 4) is 0 Å². The highest BCUT2D eigenvalue weighted by atomic mass is 16.5. The van der Waals surface area contributed by atoms with Crippen molar-refractivity contribution in [2.75, 3.05) is 26.8 Å². The molecule has 1 amide bonds. The molecule has 0 radical (unpaired) electrons. The molecular formula is C15H30N2O2. The minimum atomic E-state index is 0.221. The Morgan fingerprint density at radius 1 is 1.26 bits per heavy atom. The van der Waals surface area contributed by atoms with Crippen LogP contribution in [-0.2, 0) is 9.53 Å². The predicted octanol–water partition coefficient (Wildman–Crippen LogP) is 2.18. The minimum Gasteiger partial charge on any atom is -0.381 e. The van der Waals surface area contributed by atoms with Crippen molar-refractivity contribution in [2.24, 2.45) is 0 Å². The molecule has 1 saturated carbocycles. The van der Waals surface area contributed by atoms with Crippen LogP contribution in [0.4, 0.5) is 0 Å². The molecule has 19 heavy (non-hydrogen) atoms. The van der Waals surface area contributed by atoms with E-state index in [1.54, 1.807) is 0 Å². The lowest BCUT2D eigenvalue weighted by Gasteiger charge is -2.35. The number of carbonyl (C=O) groups is 1. The van der Waals surface area contributed by atoms with E-state index in [4.69, 9.17) is 4.74 Å². The molecular weight excluding hydrogens is 240 g/mol. The van der Waals surface area contributed by atoms with E-state index in [-0.39, 0.29) is 5.91 Å². The molecule has 1 aliphatic carbocycles. The number of hydrogen-bond donors (Lipinski definition) is 1. The number of ether oxygens (including phenoxy) is 1. The van der Waals surface area contributed by atoms with Gasteiger partial charge in [0.15, 0.2) is 0 Å². The number of carbonyl (C=O) groups excluding carboxylic acids is 1. The molecule has 0 heterocycles. The SMILES string of the molecule is CCCNC1CCC(N(C)C(=O)CCOCC)CC1. The smallest absolute Gasteiger partial charge is 0.224 e. The molecule has 1 N–H and O–H groups in total. The van der Waals surface area contributed by atoms with Gasteiger partial charge in [0.1, 0.15) is 0 Å². The van der Waals surface area contributed by atoms with E-state index in [2.05, 4.69) is 12.2 Å². The van der Waals surface area contributed by atoms with Gasteiger partial charge in [0.2, 0.25) is 5.91 Å². The molecule has 0 atom stereocenters. The van der Waals surface area contributed by atoms with Crippen LogP contribution in [0.15, 0.2) is 0 Å². The lowest BCUT2D eigenvalue weighted by molar-refractivity contribution is -0.133. The molecule has 0 unspecified atom stereocenters. The second-order valence-corrected chi connectivity index (χ2v) is 5.41. The zero-order valence-corrected chi connectivity index (χ0v) is 12.8. The van der Waals surface area contributed by atoms with Gasteiger partial charge in [-0.2, -0.15) is 0 Å². The quantitative estimate of drug-likeness (QED) is 0.687. The Morgan fingerprint density at radius 3 is 2.53 bits per heavy atom. The Bertz CT molecular complexity index is 251. The highest BCUT2D eigenvalue weighted by Crippen LogP contribution is 2.22. The van der Waals surface area contributed by atoms with E-state index >= 15 is 0 Å². The third-order valence-electron chi connectivity index (χ3n) is 3.99. The molecule has 4 nitrogen and oxygen atoms in total. The number of rotatable bonds is 8. The van der Waals surface area contributed by atoms with Crippen LogP contribution in [0.25, 0.3) is 0 Å². The average molecular weight is 270 g/mol. The fraction of sp³-hybridized carbons (Fsp3) is 0.933. The highest BCUT2D eigenvalue weighted by molar-refractivity contribution is 5.76. The second-order valence-electron chi connectivity index (χ2n) is 5.41. The van der Waals surface area contributed by atoms with Gasteiger partial charge in [-0.1, -0.05) is 6.92 Å². The highest BCUT2D eigenvalue weighted by Gasteiger charge is 2.25. The van der Waals surface area contributed by atoms with Crippen LogP contribution in [-0.4, -0.2) is 49.7 Å². The molecule has 0 saturated heterocycles. The maximum absolute atomic E-state index is 12.0. The standard InChI is InChI=1S/C15H30N2O2/c1-4-11-16-13-6-8-14(9-7-13)17(3)15(18)10-12-19-5-2/h13-14,16H,4-12H2,1-3H3. The Morgan fingerprint density at radius 2 is 1.95 bits per heavy atom. The molecule has 1 rings (SSSR count). The molecule has 1 aliphatic rings. The summed E-state index contributed by atoms with van der Waals surface area (Å²) in [5, 5.41) is 3.58. The Kier molecular flexibility index (Phi) is 8.07. The van der Waals surface area contributed by atoms with Gasteiger partial charge in [0.05, 0.1) is 13.0 Å². The summed E-state index contributed by atoms with van der Waals surface area (Å²) in [6, 6.07) is 1.08. The van der Waals surface area contributed by atoms with E-state index in [1.807, 2.05) is 18.9 Å². The molecule has 1 fully saturated rings. The van der Waals surface area contributed by atoms with Crippen molar-refractivity contribution >= 4 is 5.91 Å². The van der Waals surface area contributed by atoms with E-state index in [1.165, 1.54) is 19.3 Å². The van der Waals surface area contributed by atoms with Gasteiger partial charge in [-0.25, -0.2) is 0 Å². The zero-order chi connectivity index (χ0) is 14.1. The van der Waals surface area contributed by atoms with Crippen LogP contribution in [0.5, 0.6) is 0 Å². The van der Waals surface area contributed by atoms with Crippen molar-refractivity contribution < 1.29 is 9.53 Å². The van der Waals surface area contributed by atoms with E-state index < -0.39 is 0 Å². The maximum Gasteiger partial charge on any atom is 0.224 e. The first-order chi connectivity index (χ1) is 9.19. The fourth-order valence-electron chi connectivity index (χ4n) is 2.70. The third-order valence-corrected chi connectivity index (χ3v) is 3.99. The average Bonchev–Trinajstić information content (AvgIpc) is 2.45. The van der Waals surface area contributed by atoms with Crippen molar-refractivity contribution in [1.29, 1.82) is 0 Å². The molecule has 0 spiro atoms. The summed E-state index contributed by atoms with van der Waals surface area (Å²) >= 11 is 0. The number of nitrogens with zero attached hydrogens (tertiary/aromatic N) is 1. The summed E-state index contributed by atoms with van der Waals surface area (Å²) in [6.07, 6.45) is 6.33. The first-order valence-electron chi connectivity index (χ1n) is 7.75. The summed E-state index contributed by atoms with van der Waals surface area (Å²) in [6.45, 7) is 6.50. The normalized spacial score (nSPS) is 23.3. The summed E-state index contributed by atoms with van der Waals surface area (Å²) in [5.74, 6) is 0.221. The van der Waals surface area contributed by atoms with E-state index in [9.17, 15) is 4.79 Å². The van der Waals surface area contributed by atoms with Crippen LogP contribution in [0.1, 0.15) is 52.4 Å².